The predicted molar refractivity (Wildman–Crippen MR) is 84.0 cm³/mol. The number of anilines is 1. The lowest BCUT2D eigenvalue weighted by molar-refractivity contribution is 0.347. The molecule has 0 aliphatic rings. The average molecular weight is 371 g/mol. The molecule has 0 radical (unpaired) electrons. The third kappa shape index (κ3) is 3.65. The topological polar surface area (TPSA) is 55.6 Å². The molecule has 5 nitrogen and oxygen atoms in total. The minimum Gasteiger partial charge on any atom is -0.364 e. The summed E-state index contributed by atoms with van der Waals surface area (Å²) in [6, 6.07) is 2.10. The Morgan fingerprint density at radius 2 is 2.11 bits per heavy atom. The molecule has 2 aromatic rings. The normalized spacial score (nSPS) is 11.6. The number of hydrogen-bond acceptors (Lipinski definition) is 4. The maximum atomic E-state index is 4.37. The number of aromatic nitrogens is 4. The molecule has 2 rings (SSSR count). The first-order valence-electron chi connectivity index (χ1n) is 6.14. The van der Waals surface area contributed by atoms with Crippen LogP contribution in [-0.2, 0) is 12.1 Å². The van der Waals surface area contributed by atoms with Crippen LogP contribution >= 0.6 is 22.6 Å². The van der Waals surface area contributed by atoms with E-state index in [-0.39, 0.29) is 5.54 Å². The summed E-state index contributed by atoms with van der Waals surface area (Å²) >= 11 is 2.26. The van der Waals surface area contributed by atoms with Crippen molar-refractivity contribution in [2.24, 2.45) is 0 Å². The van der Waals surface area contributed by atoms with Gasteiger partial charge in [0.1, 0.15) is 11.5 Å². The van der Waals surface area contributed by atoms with Crippen LogP contribution in [0, 0.1) is 10.5 Å². The lowest BCUT2D eigenvalue weighted by Gasteiger charge is -2.17. The van der Waals surface area contributed by atoms with E-state index in [4.69, 9.17) is 0 Å². The van der Waals surface area contributed by atoms with Crippen LogP contribution in [0.15, 0.2) is 18.5 Å². The molecule has 0 spiro atoms. The van der Waals surface area contributed by atoms with Gasteiger partial charge in [0, 0.05) is 9.77 Å². The summed E-state index contributed by atoms with van der Waals surface area (Å²) in [5.41, 5.74) is 2.01. The van der Waals surface area contributed by atoms with Crippen molar-refractivity contribution in [3.05, 3.63) is 33.3 Å². The molecule has 0 unspecified atom stereocenters. The first kappa shape index (κ1) is 14.2. The first-order valence-corrected chi connectivity index (χ1v) is 7.22. The summed E-state index contributed by atoms with van der Waals surface area (Å²) < 4.78 is 3.01. The molecule has 0 aliphatic heterocycles. The van der Waals surface area contributed by atoms with Crippen molar-refractivity contribution in [3.63, 3.8) is 0 Å². The second kappa shape index (κ2) is 5.44. The van der Waals surface area contributed by atoms with E-state index in [0.29, 0.717) is 6.54 Å². The van der Waals surface area contributed by atoms with Gasteiger partial charge in [0.15, 0.2) is 0 Å². The molecule has 19 heavy (non-hydrogen) atoms. The van der Waals surface area contributed by atoms with E-state index in [2.05, 4.69) is 70.0 Å². The number of nitrogens with one attached hydrogen (secondary N) is 1. The molecular formula is C13H18IN5. The highest BCUT2D eigenvalue weighted by molar-refractivity contribution is 14.1. The Balaban J connectivity index is 2.04. The molecule has 1 N–H and O–H groups in total. The second-order valence-electron chi connectivity index (χ2n) is 5.50. The number of halogens is 1. The molecule has 0 amide bonds. The van der Waals surface area contributed by atoms with Crippen molar-refractivity contribution in [1.29, 1.82) is 0 Å². The zero-order chi connectivity index (χ0) is 14.0. The Labute approximate surface area is 127 Å². The van der Waals surface area contributed by atoms with E-state index in [9.17, 15) is 0 Å². The molecular weight excluding hydrogens is 353 g/mol. The highest BCUT2D eigenvalue weighted by atomic mass is 127. The zero-order valence-electron chi connectivity index (χ0n) is 11.6. The van der Waals surface area contributed by atoms with Crippen molar-refractivity contribution in [1.82, 2.24) is 20.0 Å². The van der Waals surface area contributed by atoms with E-state index < -0.39 is 0 Å². The first-order chi connectivity index (χ1) is 8.86. The van der Waals surface area contributed by atoms with Gasteiger partial charge in [0.25, 0.3) is 0 Å². The molecule has 2 aromatic heterocycles. The molecule has 2 heterocycles. The number of aryl methyl sites for hydroxylation is 1. The number of hydrogen-bond donors (Lipinski definition) is 1. The van der Waals surface area contributed by atoms with E-state index >= 15 is 0 Å². The Hall–Kier alpha value is -1.18. The summed E-state index contributed by atoms with van der Waals surface area (Å²) in [6.07, 6.45) is 3.82. The number of rotatable bonds is 3. The summed E-state index contributed by atoms with van der Waals surface area (Å²) in [6.45, 7) is 8.98. The molecule has 0 atom stereocenters. The summed E-state index contributed by atoms with van der Waals surface area (Å²) in [5, 5.41) is 11.6. The van der Waals surface area contributed by atoms with Crippen LogP contribution in [0.2, 0.25) is 0 Å². The van der Waals surface area contributed by atoms with Crippen molar-refractivity contribution in [2.45, 2.75) is 39.8 Å². The fraction of sp³-hybridized carbons (Fsp3) is 0.462. The maximum absolute atomic E-state index is 4.37. The monoisotopic (exact) mass is 371 g/mol. The summed E-state index contributed by atoms with van der Waals surface area (Å²) in [4.78, 5) is 4.37. The molecule has 102 valence electrons. The van der Waals surface area contributed by atoms with Gasteiger partial charge >= 0.3 is 0 Å². The smallest absolute Gasteiger partial charge is 0.129 e. The lowest BCUT2D eigenvalue weighted by atomic mass is 10.1. The SMILES string of the molecule is Cc1cc(I)cnc1NCc1cn(C(C)(C)C)nn1. The van der Waals surface area contributed by atoms with Gasteiger partial charge in [0.2, 0.25) is 0 Å². The van der Waals surface area contributed by atoms with Crippen LogP contribution in [0.5, 0.6) is 0 Å². The average Bonchev–Trinajstić information content (AvgIpc) is 2.76. The molecule has 0 bridgehead atoms. The van der Waals surface area contributed by atoms with Crippen LogP contribution in [0.25, 0.3) is 0 Å². The zero-order valence-corrected chi connectivity index (χ0v) is 13.8. The number of pyridine rings is 1. The van der Waals surface area contributed by atoms with Crippen molar-refractivity contribution < 1.29 is 0 Å². The fourth-order valence-corrected chi connectivity index (χ4v) is 2.21. The van der Waals surface area contributed by atoms with Gasteiger partial charge in [-0.15, -0.1) is 5.10 Å². The molecule has 0 saturated carbocycles. The largest absolute Gasteiger partial charge is 0.364 e. The second-order valence-corrected chi connectivity index (χ2v) is 6.74. The van der Waals surface area contributed by atoms with E-state index in [0.717, 1.165) is 20.6 Å². The lowest BCUT2D eigenvalue weighted by Crippen LogP contribution is -2.22. The Morgan fingerprint density at radius 3 is 2.68 bits per heavy atom. The van der Waals surface area contributed by atoms with E-state index in [1.54, 1.807) is 0 Å². The molecule has 0 aliphatic carbocycles. The molecule has 0 fully saturated rings. The maximum Gasteiger partial charge on any atom is 0.129 e. The standard InChI is InChI=1S/C13H18IN5/c1-9-5-10(14)6-15-12(9)16-7-11-8-19(18-17-11)13(2,3)4/h5-6,8H,7H2,1-4H3,(H,15,16). The van der Waals surface area contributed by atoms with Crippen LogP contribution in [0.1, 0.15) is 32.0 Å². The van der Waals surface area contributed by atoms with Gasteiger partial charge in [0.05, 0.1) is 18.3 Å². The predicted octanol–water partition coefficient (Wildman–Crippen LogP) is 2.95. The van der Waals surface area contributed by atoms with E-state index in [1.165, 1.54) is 0 Å². The van der Waals surface area contributed by atoms with Gasteiger partial charge in [-0.25, -0.2) is 9.67 Å². The van der Waals surface area contributed by atoms with Gasteiger partial charge in [-0.1, -0.05) is 5.21 Å². The van der Waals surface area contributed by atoms with Gasteiger partial charge in [-0.05, 0) is 61.9 Å². The van der Waals surface area contributed by atoms with Gasteiger partial charge in [-0.3, -0.25) is 0 Å². The number of nitrogens with zero attached hydrogens (tertiary/aromatic N) is 4. The Kier molecular flexibility index (Phi) is 4.07. The van der Waals surface area contributed by atoms with Crippen LogP contribution in [0.3, 0.4) is 0 Å². The van der Waals surface area contributed by atoms with Gasteiger partial charge < -0.3 is 5.32 Å². The van der Waals surface area contributed by atoms with Crippen molar-refractivity contribution in [2.75, 3.05) is 5.32 Å². The van der Waals surface area contributed by atoms with Crippen LogP contribution in [-0.4, -0.2) is 20.0 Å². The van der Waals surface area contributed by atoms with Crippen molar-refractivity contribution in [3.8, 4) is 0 Å². The Morgan fingerprint density at radius 1 is 1.37 bits per heavy atom. The summed E-state index contributed by atoms with van der Waals surface area (Å²) in [5.74, 6) is 0.894. The highest BCUT2D eigenvalue weighted by Gasteiger charge is 2.14. The minimum absolute atomic E-state index is 0.0394. The van der Waals surface area contributed by atoms with Gasteiger partial charge in [-0.2, -0.15) is 0 Å². The fourth-order valence-electron chi connectivity index (χ4n) is 1.61. The van der Waals surface area contributed by atoms with Crippen molar-refractivity contribution >= 4 is 28.4 Å². The third-order valence-corrected chi connectivity index (χ3v) is 3.30. The van der Waals surface area contributed by atoms with E-state index in [1.807, 2.05) is 24.0 Å². The highest BCUT2D eigenvalue weighted by Crippen LogP contribution is 2.16. The third-order valence-electron chi connectivity index (χ3n) is 2.71. The summed E-state index contributed by atoms with van der Waals surface area (Å²) in [7, 11) is 0. The van der Waals surface area contributed by atoms with Crippen LogP contribution < -0.4 is 5.32 Å². The molecule has 0 saturated heterocycles. The Bertz CT molecular complexity index is 571. The molecule has 6 heteroatoms. The minimum atomic E-state index is -0.0394. The quantitative estimate of drug-likeness (QED) is 0.843. The van der Waals surface area contributed by atoms with Crippen LogP contribution in [0.4, 0.5) is 5.82 Å². The molecule has 0 aromatic carbocycles.